The number of carboxylic acids is 2. The Hall–Kier alpha value is -3.27. The van der Waals surface area contributed by atoms with Crippen molar-refractivity contribution in [3.63, 3.8) is 0 Å². The SMILES string of the molecule is NC(CCC(=O)NC(CSC(O)OCc1ccc([N+](=O)[O-])cc1)C(=O)NCC(=O)O)C(=O)O. The first-order valence-corrected chi connectivity index (χ1v) is 10.5. The van der Waals surface area contributed by atoms with E-state index in [-0.39, 0.29) is 30.9 Å². The molecule has 0 fully saturated rings. The van der Waals surface area contributed by atoms with Crippen LogP contribution in [-0.4, -0.2) is 74.0 Å². The lowest BCUT2D eigenvalue weighted by Gasteiger charge is -2.20. The van der Waals surface area contributed by atoms with Crippen LogP contribution in [0.15, 0.2) is 24.3 Å². The molecule has 3 unspecified atom stereocenters. The molecule has 2 amide bonds. The largest absolute Gasteiger partial charge is 0.480 e. The fourth-order valence-corrected chi connectivity index (χ4v) is 3.01. The highest BCUT2D eigenvalue weighted by Gasteiger charge is 2.24. The Bertz CT molecular complexity index is 851. The lowest BCUT2D eigenvalue weighted by molar-refractivity contribution is -0.384. The van der Waals surface area contributed by atoms with Crippen molar-refractivity contribution in [2.24, 2.45) is 5.73 Å². The van der Waals surface area contributed by atoms with Crippen LogP contribution in [0.3, 0.4) is 0 Å². The van der Waals surface area contributed by atoms with Gasteiger partial charge in [0, 0.05) is 24.3 Å². The van der Waals surface area contributed by atoms with E-state index in [1.54, 1.807) is 0 Å². The van der Waals surface area contributed by atoms with Gasteiger partial charge in [0.2, 0.25) is 17.4 Å². The number of rotatable bonds is 15. The van der Waals surface area contributed by atoms with Gasteiger partial charge < -0.3 is 36.4 Å². The minimum absolute atomic E-state index is 0.0958. The molecule has 0 saturated carbocycles. The summed E-state index contributed by atoms with van der Waals surface area (Å²) in [5.74, 6) is -4.32. The molecule has 3 atom stereocenters. The zero-order valence-corrected chi connectivity index (χ0v) is 18.0. The number of carbonyl (C=O) groups excluding carboxylic acids is 2. The third-order valence-corrected chi connectivity index (χ3v) is 4.96. The second kappa shape index (κ2) is 14.0. The number of aliphatic carboxylic acids is 2. The molecule has 0 spiro atoms. The minimum atomic E-state index is -1.44. The molecule has 15 heteroatoms. The van der Waals surface area contributed by atoms with Crippen LogP contribution in [-0.2, 0) is 30.5 Å². The maximum Gasteiger partial charge on any atom is 0.322 e. The molecule has 1 aromatic carbocycles. The van der Waals surface area contributed by atoms with Crippen LogP contribution in [0.5, 0.6) is 0 Å². The first-order chi connectivity index (χ1) is 15.5. The maximum atomic E-state index is 12.2. The van der Waals surface area contributed by atoms with E-state index in [1.165, 1.54) is 24.3 Å². The topological polar surface area (TPSA) is 231 Å². The quantitative estimate of drug-likeness (QED) is 0.0991. The van der Waals surface area contributed by atoms with Crippen molar-refractivity contribution in [3.05, 3.63) is 39.9 Å². The molecule has 0 heterocycles. The lowest BCUT2D eigenvalue weighted by atomic mass is 10.1. The van der Waals surface area contributed by atoms with Gasteiger partial charge in [-0.2, -0.15) is 0 Å². The van der Waals surface area contributed by atoms with Gasteiger partial charge in [0.05, 0.1) is 11.5 Å². The van der Waals surface area contributed by atoms with Crippen LogP contribution in [0.2, 0.25) is 0 Å². The van der Waals surface area contributed by atoms with Crippen molar-refractivity contribution >= 4 is 41.2 Å². The molecule has 0 aliphatic rings. The third kappa shape index (κ3) is 11.2. The number of carbonyl (C=O) groups is 4. The summed E-state index contributed by atoms with van der Waals surface area (Å²) in [6.07, 6.45) is -0.473. The molecule has 14 nitrogen and oxygen atoms in total. The Labute approximate surface area is 191 Å². The lowest BCUT2D eigenvalue weighted by Crippen LogP contribution is -2.49. The Balaban J connectivity index is 2.60. The average molecular weight is 488 g/mol. The van der Waals surface area contributed by atoms with Gasteiger partial charge >= 0.3 is 11.9 Å². The van der Waals surface area contributed by atoms with Crippen LogP contribution < -0.4 is 16.4 Å². The maximum absolute atomic E-state index is 12.2. The number of amides is 2. The van der Waals surface area contributed by atoms with Crippen molar-refractivity contribution in [1.29, 1.82) is 0 Å². The Morgan fingerprint density at radius 2 is 1.82 bits per heavy atom. The second-order valence-corrected chi connectivity index (χ2v) is 7.66. The fourth-order valence-electron chi connectivity index (χ4n) is 2.25. The Kier molecular flexibility index (Phi) is 11.8. The number of carboxylic acid groups (broad SMARTS) is 2. The summed E-state index contributed by atoms with van der Waals surface area (Å²) in [6, 6.07) is 2.92. The number of aliphatic hydroxyl groups excluding tert-OH is 1. The smallest absolute Gasteiger partial charge is 0.322 e. The summed E-state index contributed by atoms with van der Waals surface area (Å²) in [4.78, 5) is 55.7. The summed E-state index contributed by atoms with van der Waals surface area (Å²) in [7, 11) is 0. The van der Waals surface area contributed by atoms with Crippen LogP contribution >= 0.6 is 11.8 Å². The number of nitrogens with two attached hydrogens (primary N) is 1. The standard InChI is InChI=1S/C18H24N4O10S/c19-12(17(27)28)5-6-14(23)21-13(16(26)20-7-15(24)25)9-33-18(29)32-8-10-1-3-11(4-2-10)22(30)31/h1-4,12-13,18,29H,5-9,19H2,(H,20,26)(H,21,23)(H,24,25)(H,27,28). The van der Waals surface area contributed by atoms with Gasteiger partial charge in [0.15, 0.2) is 0 Å². The monoisotopic (exact) mass is 488 g/mol. The van der Waals surface area contributed by atoms with Crippen LogP contribution in [0, 0.1) is 10.1 Å². The first-order valence-electron chi connectivity index (χ1n) is 9.41. The molecule has 0 saturated heterocycles. The van der Waals surface area contributed by atoms with Gasteiger partial charge in [-0.05, 0) is 24.1 Å². The predicted octanol–water partition coefficient (Wildman–Crippen LogP) is -1.00. The molecule has 1 rings (SSSR count). The molecule has 0 aliphatic carbocycles. The fraction of sp³-hybridized carbons (Fsp3) is 0.444. The summed E-state index contributed by atoms with van der Waals surface area (Å²) >= 11 is 0.729. The van der Waals surface area contributed by atoms with Gasteiger partial charge in [-0.1, -0.05) is 11.8 Å². The van der Waals surface area contributed by atoms with Crippen molar-refractivity contribution < 1.29 is 44.2 Å². The molecular formula is C18H24N4O10S. The second-order valence-electron chi connectivity index (χ2n) is 6.59. The highest BCUT2D eigenvalue weighted by atomic mass is 32.2. The van der Waals surface area contributed by atoms with Crippen molar-refractivity contribution in [2.75, 3.05) is 12.3 Å². The minimum Gasteiger partial charge on any atom is -0.480 e. The summed E-state index contributed by atoms with van der Waals surface area (Å²) in [5, 5.41) is 42.5. The van der Waals surface area contributed by atoms with E-state index in [4.69, 9.17) is 20.7 Å². The van der Waals surface area contributed by atoms with Crippen molar-refractivity contribution in [2.45, 2.75) is 37.2 Å². The highest BCUT2D eigenvalue weighted by Crippen LogP contribution is 2.16. The van der Waals surface area contributed by atoms with E-state index in [0.717, 1.165) is 11.8 Å². The zero-order chi connectivity index (χ0) is 25.0. The number of nitrogens with one attached hydrogen (secondary N) is 2. The highest BCUT2D eigenvalue weighted by molar-refractivity contribution is 7.99. The first kappa shape index (κ1) is 27.8. The van der Waals surface area contributed by atoms with Crippen molar-refractivity contribution in [3.8, 4) is 0 Å². The number of aliphatic hydroxyl groups is 1. The van der Waals surface area contributed by atoms with E-state index in [9.17, 15) is 34.4 Å². The third-order valence-electron chi connectivity index (χ3n) is 4.01. The average Bonchev–Trinajstić information content (AvgIpc) is 2.77. The van der Waals surface area contributed by atoms with E-state index >= 15 is 0 Å². The molecule has 33 heavy (non-hydrogen) atoms. The van der Waals surface area contributed by atoms with Gasteiger partial charge in [-0.25, -0.2) is 0 Å². The number of nitrogens with zero attached hydrogens (tertiary/aromatic N) is 1. The van der Waals surface area contributed by atoms with Gasteiger partial charge in [-0.15, -0.1) is 0 Å². The predicted molar refractivity (Wildman–Crippen MR) is 114 cm³/mol. The zero-order valence-electron chi connectivity index (χ0n) is 17.2. The molecule has 0 aromatic heterocycles. The van der Waals surface area contributed by atoms with Crippen LogP contribution in [0.4, 0.5) is 5.69 Å². The number of non-ortho nitro benzene ring substituents is 1. The molecule has 7 N–H and O–H groups in total. The Morgan fingerprint density at radius 1 is 1.18 bits per heavy atom. The molecule has 0 radical (unpaired) electrons. The molecule has 1 aromatic rings. The van der Waals surface area contributed by atoms with Gasteiger partial charge in [-0.3, -0.25) is 29.3 Å². The van der Waals surface area contributed by atoms with E-state index in [2.05, 4.69) is 10.6 Å². The van der Waals surface area contributed by atoms with E-state index in [1.807, 2.05) is 0 Å². The van der Waals surface area contributed by atoms with E-state index < -0.39 is 52.9 Å². The normalized spacial score (nSPS) is 13.4. The van der Waals surface area contributed by atoms with Crippen LogP contribution in [0.25, 0.3) is 0 Å². The summed E-state index contributed by atoms with van der Waals surface area (Å²) in [5.41, 5.74) is 4.32. The van der Waals surface area contributed by atoms with Crippen molar-refractivity contribution in [1.82, 2.24) is 10.6 Å². The number of benzene rings is 1. The van der Waals surface area contributed by atoms with Crippen LogP contribution in [0.1, 0.15) is 18.4 Å². The molecular weight excluding hydrogens is 464 g/mol. The number of hydrogen-bond acceptors (Lipinski definition) is 10. The van der Waals surface area contributed by atoms with Gasteiger partial charge in [0.25, 0.3) is 5.69 Å². The summed E-state index contributed by atoms with van der Waals surface area (Å²) in [6.45, 7) is -0.791. The van der Waals surface area contributed by atoms with Gasteiger partial charge in [0.1, 0.15) is 18.6 Å². The molecule has 0 aliphatic heterocycles. The number of hydrogen-bond donors (Lipinski definition) is 6. The molecule has 0 bridgehead atoms. The molecule has 182 valence electrons. The summed E-state index contributed by atoms with van der Waals surface area (Å²) < 4.78 is 5.20. The number of thioether (sulfide) groups is 1. The number of nitro benzene ring substituents is 1. The number of nitro groups is 1. The van der Waals surface area contributed by atoms with E-state index in [0.29, 0.717) is 5.56 Å². The Morgan fingerprint density at radius 3 is 2.36 bits per heavy atom. The number of ether oxygens (including phenoxy) is 1.